The van der Waals surface area contributed by atoms with Crippen LogP contribution in [0, 0.1) is 0 Å². The monoisotopic (exact) mass is 736 g/mol. The molecule has 0 amide bonds. The van der Waals surface area contributed by atoms with E-state index in [1.54, 1.807) is 0 Å². The van der Waals surface area contributed by atoms with Gasteiger partial charge in [-0.1, -0.05) is 53.4 Å². The highest BCUT2D eigenvalue weighted by Gasteiger charge is 2.24. The van der Waals surface area contributed by atoms with Crippen molar-refractivity contribution in [1.29, 1.82) is 0 Å². The maximum atomic E-state index is 3.97. The van der Waals surface area contributed by atoms with E-state index in [0.717, 1.165) is 51.4 Å². The molecule has 236 valence electrons. The van der Waals surface area contributed by atoms with Gasteiger partial charge in [-0.25, -0.2) is 0 Å². The van der Waals surface area contributed by atoms with Gasteiger partial charge in [0.15, 0.2) is 0 Å². The zero-order chi connectivity index (χ0) is 32.0. The van der Waals surface area contributed by atoms with Gasteiger partial charge in [0.1, 0.15) is 0 Å². The minimum Gasteiger partial charge on any atom is -0.354 e. The second-order valence-corrected chi connectivity index (χ2v) is 16.3. The number of H-pyrrole nitrogens is 4. The number of nitrogens with one attached hydrogen (secondary N) is 4. The van der Waals surface area contributed by atoms with E-state index in [1.807, 2.05) is 0 Å². The van der Waals surface area contributed by atoms with Crippen molar-refractivity contribution >= 4 is 139 Å². The molecule has 1 aliphatic heterocycles. The molecule has 8 atom stereocenters. The molecule has 5 heterocycles. The molecular weight excluding hydrogens is 688 g/mol. The van der Waals surface area contributed by atoms with Crippen LogP contribution in [0.2, 0.25) is 0 Å². The van der Waals surface area contributed by atoms with E-state index in [0.29, 0.717) is 0 Å². The van der Waals surface area contributed by atoms with Crippen LogP contribution in [-0.2, 0) is 0 Å². The standard InChI is InChI=1S/C32H48N4P8/c1-5-9-13-17-25(37)27(39)19(33-17)14(10-6-2)21-29(41)31(43)23(35-21)16(12-8-4)24-32(44)30(42)22(36-24)15(11-7-3)20-28(40)26(38)18(13)34-20/h33-36H,5-12,37-44H2,1-4H3. The lowest BCUT2D eigenvalue weighted by Crippen LogP contribution is -2.29. The van der Waals surface area contributed by atoms with Gasteiger partial charge in [0.05, 0.1) is 44.2 Å². The molecule has 0 radical (unpaired) electrons. The van der Waals surface area contributed by atoms with Gasteiger partial charge in [0, 0.05) is 64.7 Å². The highest BCUT2D eigenvalue weighted by Crippen LogP contribution is 2.25. The third-order valence-corrected chi connectivity index (χ3v) is 14.9. The Balaban J connectivity index is 2.13. The molecule has 4 N–H and O–H groups in total. The molecule has 0 spiro atoms. The summed E-state index contributed by atoms with van der Waals surface area (Å²) in [5.74, 6) is 0. The van der Waals surface area contributed by atoms with Gasteiger partial charge in [0.25, 0.3) is 0 Å². The maximum Gasteiger partial charge on any atom is 0.0517 e. The highest BCUT2D eigenvalue weighted by molar-refractivity contribution is 7.37. The maximum absolute atomic E-state index is 3.97. The Hall–Kier alpha value is 0.0400. The van der Waals surface area contributed by atoms with Crippen molar-refractivity contribution in [2.45, 2.75) is 79.1 Å². The number of aromatic nitrogens is 4. The summed E-state index contributed by atoms with van der Waals surface area (Å²) in [6.07, 6.45) is 8.07. The Bertz CT molecular complexity index is 1730. The summed E-state index contributed by atoms with van der Waals surface area (Å²) >= 11 is 0. The minimum atomic E-state index is 0.965. The molecule has 1 aliphatic rings. The number of hydrogen-bond donors (Lipinski definition) is 4. The van der Waals surface area contributed by atoms with Gasteiger partial charge >= 0.3 is 0 Å². The number of hydrogen-bond acceptors (Lipinski definition) is 0. The molecule has 8 bridgehead atoms. The van der Waals surface area contributed by atoms with E-state index in [1.165, 1.54) is 109 Å². The summed E-state index contributed by atoms with van der Waals surface area (Å²) in [5.41, 5.74) is 10.0. The molecule has 0 aromatic carbocycles. The van der Waals surface area contributed by atoms with Crippen LogP contribution in [0.5, 0.6) is 0 Å². The molecule has 0 aliphatic carbocycles. The molecule has 0 saturated carbocycles. The lowest BCUT2D eigenvalue weighted by molar-refractivity contribution is 0.942. The van der Waals surface area contributed by atoms with Crippen molar-refractivity contribution in [3.05, 3.63) is 44.2 Å². The predicted molar refractivity (Wildman–Crippen MR) is 226 cm³/mol. The van der Waals surface area contributed by atoms with E-state index in [2.05, 4.69) is 122 Å². The van der Waals surface area contributed by atoms with Gasteiger partial charge < -0.3 is 19.9 Å². The van der Waals surface area contributed by atoms with Gasteiger partial charge in [0.2, 0.25) is 0 Å². The summed E-state index contributed by atoms with van der Waals surface area (Å²) in [6.45, 7) is 9.07. The first kappa shape index (κ1) is 35.3. The van der Waals surface area contributed by atoms with Gasteiger partial charge in [-0.05, 0) is 25.7 Å². The zero-order valence-electron chi connectivity index (χ0n) is 26.3. The third-order valence-electron chi connectivity index (χ3n) is 8.73. The van der Waals surface area contributed by atoms with Crippen molar-refractivity contribution in [2.24, 2.45) is 0 Å². The number of fused-ring (bicyclic) bond motifs is 8. The van der Waals surface area contributed by atoms with E-state index >= 15 is 0 Å². The van der Waals surface area contributed by atoms with Crippen LogP contribution in [-0.4, -0.2) is 19.9 Å². The van der Waals surface area contributed by atoms with Crippen LogP contribution in [0.15, 0.2) is 0 Å². The van der Waals surface area contributed by atoms with Crippen LogP contribution < -0.4 is 63.8 Å². The quantitative estimate of drug-likeness (QED) is 0.198. The van der Waals surface area contributed by atoms with E-state index in [-0.39, 0.29) is 0 Å². The summed E-state index contributed by atoms with van der Waals surface area (Å²) in [7, 11) is 24.5. The molecule has 8 unspecified atom stereocenters. The van der Waals surface area contributed by atoms with E-state index in [4.69, 9.17) is 0 Å². The fourth-order valence-electron chi connectivity index (χ4n) is 6.52. The van der Waals surface area contributed by atoms with Crippen LogP contribution in [0.3, 0.4) is 0 Å². The van der Waals surface area contributed by atoms with E-state index < -0.39 is 0 Å². The topological polar surface area (TPSA) is 63.2 Å². The Morgan fingerprint density at radius 1 is 0.318 bits per heavy atom. The van der Waals surface area contributed by atoms with Crippen molar-refractivity contribution in [3.63, 3.8) is 0 Å². The molecule has 4 aromatic rings. The summed E-state index contributed by atoms with van der Waals surface area (Å²) in [6, 6.07) is 0. The Morgan fingerprint density at radius 2 is 0.523 bits per heavy atom. The molecule has 4 aromatic heterocycles. The summed E-state index contributed by atoms with van der Waals surface area (Å²) in [5, 5.41) is 14.5. The van der Waals surface area contributed by atoms with Crippen molar-refractivity contribution in [2.75, 3.05) is 0 Å². The van der Waals surface area contributed by atoms with Crippen LogP contribution in [0.25, 0.3) is 22.3 Å². The first-order valence-electron chi connectivity index (χ1n) is 15.6. The van der Waals surface area contributed by atoms with Crippen molar-refractivity contribution < 1.29 is 0 Å². The average molecular weight is 737 g/mol. The normalized spacial score (nSPS) is 13.5. The SMILES string of the molecule is CCCC1=c2[nH]c(c(P)c2P)=C(CCC)c2[nH]c(c(P)c2P)C(CCC)=c2[nH]c(c(P)c2P)=C(CCC)c2[nH]c1c(P)c2P. The van der Waals surface area contributed by atoms with E-state index in [9.17, 15) is 0 Å². The van der Waals surface area contributed by atoms with Gasteiger partial charge in [-0.15, -0.1) is 73.9 Å². The molecule has 0 fully saturated rings. The molecule has 4 nitrogen and oxygen atoms in total. The smallest absolute Gasteiger partial charge is 0.0517 e. The Kier molecular flexibility index (Phi) is 11.8. The fraction of sp³-hybridized carbons (Fsp3) is 0.375. The second kappa shape index (κ2) is 14.7. The van der Waals surface area contributed by atoms with Gasteiger partial charge in [-0.3, -0.25) is 0 Å². The first-order valence-corrected chi connectivity index (χ1v) is 20.2. The lowest BCUT2D eigenvalue weighted by atomic mass is 10.1. The molecular formula is C32H48N4P8. The molecule has 44 heavy (non-hydrogen) atoms. The average Bonchev–Trinajstić information content (AvgIpc) is 3.67. The Morgan fingerprint density at radius 3 is 0.705 bits per heavy atom. The molecule has 12 heteroatoms. The van der Waals surface area contributed by atoms with Crippen LogP contribution >= 0.6 is 73.9 Å². The molecule has 0 saturated heterocycles. The summed E-state index contributed by atoms with van der Waals surface area (Å²) in [4.78, 5) is 15.9. The van der Waals surface area contributed by atoms with Crippen molar-refractivity contribution in [3.8, 4) is 0 Å². The van der Waals surface area contributed by atoms with Crippen molar-refractivity contribution in [1.82, 2.24) is 19.9 Å². The third kappa shape index (κ3) is 6.07. The fourth-order valence-corrected chi connectivity index (χ4v) is 9.65. The Labute approximate surface area is 280 Å². The van der Waals surface area contributed by atoms with Gasteiger partial charge in [-0.2, -0.15) is 0 Å². The minimum absolute atomic E-state index is 0.965. The zero-order valence-corrected chi connectivity index (χ0v) is 35.5. The molecule has 5 rings (SSSR count). The van der Waals surface area contributed by atoms with Crippen LogP contribution in [0.4, 0.5) is 0 Å². The number of aromatic amines is 4. The lowest BCUT2D eigenvalue weighted by Gasteiger charge is -2.08. The highest BCUT2D eigenvalue weighted by atomic mass is 31.0. The largest absolute Gasteiger partial charge is 0.354 e. The van der Waals surface area contributed by atoms with Crippen LogP contribution in [0.1, 0.15) is 102 Å². The summed E-state index contributed by atoms with van der Waals surface area (Å²) < 4.78 is 0. The first-order chi connectivity index (χ1) is 21.0. The second-order valence-electron chi connectivity index (χ2n) is 11.7. The predicted octanol–water partition coefficient (Wildman–Crippen LogP) is 1.31. The number of rotatable bonds is 8.